The number of nitrogens with one attached hydrogen (secondary N) is 2. The predicted octanol–water partition coefficient (Wildman–Crippen LogP) is 1.92. The summed E-state index contributed by atoms with van der Waals surface area (Å²) in [5, 5.41) is 0.879. The third-order valence-electron chi connectivity index (χ3n) is 5.37. The van der Waals surface area contributed by atoms with Gasteiger partial charge in [0.2, 0.25) is 0 Å². The van der Waals surface area contributed by atoms with E-state index in [0.29, 0.717) is 0 Å². The summed E-state index contributed by atoms with van der Waals surface area (Å²) in [6.45, 7) is 7.90. The van der Waals surface area contributed by atoms with Gasteiger partial charge in [-0.15, -0.1) is 11.3 Å². The summed E-state index contributed by atoms with van der Waals surface area (Å²) in [5.41, 5.74) is 1.37. The van der Waals surface area contributed by atoms with E-state index in [1.807, 2.05) is 0 Å². The first-order valence-corrected chi connectivity index (χ1v) is 9.79. The number of aromatic amines is 1. The highest BCUT2D eigenvalue weighted by atomic mass is 32.1. The molecule has 2 aliphatic rings. The van der Waals surface area contributed by atoms with Crippen molar-refractivity contribution < 1.29 is 4.90 Å². The van der Waals surface area contributed by atoms with Crippen molar-refractivity contribution in [3.05, 3.63) is 26.6 Å². The van der Waals surface area contributed by atoms with Crippen LogP contribution in [0.4, 0.5) is 0 Å². The van der Waals surface area contributed by atoms with Crippen molar-refractivity contribution in [2.45, 2.75) is 52.5 Å². The molecule has 0 bridgehead atoms. The number of nitrogens with zero attached hydrogens (tertiary/aromatic N) is 1. The van der Waals surface area contributed by atoms with Crippen molar-refractivity contribution in [3.63, 3.8) is 0 Å². The number of hydrogen-bond acceptors (Lipinski definition) is 3. The molecule has 124 valence electrons. The van der Waals surface area contributed by atoms with Gasteiger partial charge < -0.3 is 9.88 Å². The molecule has 1 saturated heterocycles. The Labute approximate surface area is 140 Å². The lowest BCUT2D eigenvalue weighted by molar-refractivity contribution is -0.926. The molecule has 2 aromatic heterocycles. The molecule has 4 rings (SSSR count). The summed E-state index contributed by atoms with van der Waals surface area (Å²) in [4.78, 5) is 24.4. The number of likely N-dealkylation sites (tertiary alicyclic amines) is 1. The molecule has 23 heavy (non-hydrogen) atoms. The number of hydrogen-bond donors (Lipinski definition) is 2. The van der Waals surface area contributed by atoms with Gasteiger partial charge in [-0.2, -0.15) is 0 Å². The van der Waals surface area contributed by atoms with Crippen molar-refractivity contribution in [1.82, 2.24) is 9.97 Å². The van der Waals surface area contributed by atoms with Crippen LogP contribution in [0.15, 0.2) is 4.79 Å². The summed E-state index contributed by atoms with van der Waals surface area (Å²) in [6, 6.07) is 0. The fourth-order valence-corrected chi connectivity index (χ4v) is 5.88. The number of piperidine rings is 1. The van der Waals surface area contributed by atoms with Gasteiger partial charge in [0, 0.05) is 16.7 Å². The maximum atomic E-state index is 12.6. The van der Waals surface area contributed by atoms with Crippen molar-refractivity contribution in [2.75, 3.05) is 13.1 Å². The molecule has 3 atom stereocenters. The van der Waals surface area contributed by atoms with E-state index in [4.69, 9.17) is 4.98 Å². The largest absolute Gasteiger partial charge is 0.328 e. The zero-order chi connectivity index (χ0) is 16.0. The van der Waals surface area contributed by atoms with Crippen molar-refractivity contribution in [2.24, 2.45) is 11.8 Å². The number of aromatic nitrogens is 2. The van der Waals surface area contributed by atoms with Gasteiger partial charge in [-0.05, 0) is 37.7 Å². The average Bonchev–Trinajstić information content (AvgIpc) is 2.84. The maximum absolute atomic E-state index is 12.6. The zero-order valence-electron chi connectivity index (χ0n) is 14.1. The second kappa shape index (κ2) is 6.02. The molecule has 0 amide bonds. The second-order valence-electron chi connectivity index (χ2n) is 7.68. The highest BCUT2D eigenvalue weighted by molar-refractivity contribution is 7.18. The van der Waals surface area contributed by atoms with Crippen LogP contribution in [-0.2, 0) is 19.4 Å². The van der Waals surface area contributed by atoms with Crippen LogP contribution in [0.3, 0.4) is 0 Å². The van der Waals surface area contributed by atoms with E-state index in [1.165, 1.54) is 42.8 Å². The average molecular weight is 332 g/mol. The van der Waals surface area contributed by atoms with Gasteiger partial charge >= 0.3 is 0 Å². The molecule has 3 heterocycles. The third-order valence-corrected chi connectivity index (χ3v) is 6.56. The summed E-state index contributed by atoms with van der Waals surface area (Å²) >= 11 is 1.75. The quantitative estimate of drug-likeness (QED) is 0.883. The molecule has 1 aliphatic carbocycles. The molecule has 5 heteroatoms. The van der Waals surface area contributed by atoms with Gasteiger partial charge in [0.05, 0.1) is 18.5 Å². The summed E-state index contributed by atoms with van der Waals surface area (Å²) in [5.74, 6) is 2.40. The van der Waals surface area contributed by atoms with Crippen LogP contribution in [0.5, 0.6) is 0 Å². The van der Waals surface area contributed by atoms with Crippen LogP contribution < -0.4 is 10.5 Å². The molecule has 4 nitrogen and oxygen atoms in total. The minimum Gasteiger partial charge on any atom is -0.328 e. The highest BCUT2D eigenvalue weighted by Crippen LogP contribution is 2.33. The number of H-pyrrole nitrogens is 1. The number of aryl methyl sites for hydroxylation is 2. The molecule has 1 fully saturated rings. The monoisotopic (exact) mass is 332 g/mol. The van der Waals surface area contributed by atoms with E-state index >= 15 is 0 Å². The van der Waals surface area contributed by atoms with Crippen LogP contribution in [0, 0.1) is 11.8 Å². The Morgan fingerprint density at radius 1 is 1.22 bits per heavy atom. The first-order valence-electron chi connectivity index (χ1n) is 8.97. The van der Waals surface area contributed by atoms with E-state index in [9.17, 15) is 4.79 Å². The molecule has 1 unspecified atom stereocenters. The van der Waals surface area contributed by atoms with Gasteiger partial charge in [0.1, 0.15) is 11.4 Å². The van der Waals surface area contributed by atoms with E-state index in [0.717, 1.165) is 47.3 Å². The first-order chi connectivity index (χ1) is 11.1. The zero-order valence-corrected chi connectivity index (χ0v) is 14.9. The minimum absolute atomic E-state index is 0.0851. The third kappa shape index (κ3) is 2.96. The lowest BCUT2D eigenvalue weighted by Crippen LogP contribution is -3.13. The summed E-state index contributed by atoms with van der Waals surface area (Å²) in [7, 11) is 0. The summed E-state index contributed by atoms with van der Waals surface area (Å²) < 4.78 is 0. The number of thiophene rings is 1. The molecular weight excluding hydrogens is 306 g/mol. The topological polar surface area (TPSA) is 50.2 Å². The van der Waals surface area contributed by atoms with Gasteiger partial charge in [-0.1, -0.05) is 13.8 Å². The number of quaternary nitrogens is 1. The van der Waals surface area contributed by atoms with Crippen LogP contribution in [0.2, 0.25) is 0 Å². The molecule has 0 aromatic carbocycles. The molecular formula is C18H26N3OS+. The Kier molecular flexibility index (Phi) is 4.01. The number of rotatable bonds is 2. The summed E-state index contributed by atoms with van der Waals surface area (Å²) in [6.07, 6.45) is 5.94. The van der Waals surface area contributed by atoms with Crippen LogP contribution in [0.1, 0.15) is 49.4 Å². The predicted molar refractivity (Wildman–Crippen MR) is 94.2 cm³/mol. The Morgan fingerprint density at radius 3 is 2.74 bits per heavy atom. The Bertz CT molecular complexity index is 768. The second-order valence-corrected chi connectivity index (χ2v) is 8.77. The van der Waals surface area contributed by atoms with Crippen molar-refractivity contribution >= 4 is 21.6 Å². The molecule has 0 radical (unpaired) electrons. The smallest absolute Gasteiger partial charge is 0.260 e. The van der Waals surface area contributed by atoms with E-state index in [1.54, 1.807) is 16.2 Å². The fraction of sp³-hybridized carbons (Fsp3) is 0.667. The molecule has 0 saturated carbocycles. The van der Waals surface area contributed by atoms with E-state index in [2.05, 4.69) is 18.8 Å². The van der Waals surface area contributed by atoms with Crippen molar-refractivity contribution in [3.8, 4) is 0 Å². The van der Waals surface area contributed by atoms with Crippen LogP contribution in [-0.4, -0.2) is 23.1 Å². The highest BCUT2D eigenvalue weighted by Gasteiger charge is 2.26. The van der Waals surface area contributed by atoms with Crippen LogP contribution >= 0.6 is 11.3 Å². The Hall–Kier alpha value is -1.20. The minimum atomic E-state index is 0.0851. The SMILES string of the molecule is C[C@@H]1C[C@H](C)C[NH+](Cc2nc3sc4c(c3c(=O)[nH]2)CCCC4)C1. The standard InChI is InChI=1S/C18H25N3OS/c1-11-7-12(2)9-21(8-11)10-15-19-17(22)16-13-5-3-4-6-14(13)23-18(16)20-15/h11-12H,3-10H2,1-2H3,(H,19,20,22)/p+1/t11-,12+. The van der Waals surface area contributed by atoms with Crippen molar-refractivity contribution in [1.29, 1.82) is 0 Å². The van der Waals surface area contributed by atoms with Gasteiger partial charge in [-0.3, -0.25) is 4.79 Å². The Morgan fingerprint density at radius 2 is 1.96 bits per heavy atom. The molecule has 1 aliphatic heterocycles. The molecule has 2 aromatic rings. The van der Waals surface area contributed by atoms with Gasteiger partial charge in [0.15, 0.2) is 5.82 Å². The van der Waals surface area contributed by atoms with E-state index in [-0.39, 0.29) is 5.56 Å². The fourth-order valence-electron chi connectivity index (χ4n) is 4.60. The van der Waals surface area contributed by atoms with Gasteiger partial charge in [0.25, 0.3) is 5.56 Å². The first kappa shape index (κ1) is 15.3. The molecule has 2 N–H and O–H groups in total. The lowest BCUT2D eigenvalue weighted by Gasteiger charge is -2.31. The lowest BCUT2D eigenvalue weighted by atomic mass is 9.92. The van der Waals surface area contributed by atoms with Crippen LogP contribution in [0.25, 0.3) is 10.2 Å². The molecule has 0 spiro atoms. The maximum Gasteiger partial charge on any atom is 0.260 e. The van der Waals surface area contributed by atoms with Gasteiger partial charge in [-0.25, -0.2) is 4.98 Å². The van der Waals surface area contributed by atoms with E-state index < -0.39 is 0 Å². The normalized spacial score (nSPS) is 28.0. The Balaban J connectivity index is 1.65. The number of fused-ring (bicyclic) bond motifs is 3.